The molecule has 11 heteroatoms. The van der Waals surface area contributed by atoms with Crippen molar-refractivity contribution in [3.63, 3.8) is 0 Å². The Kier molecular flexibility index (Phi) is 9.57. The number of nitrogens with zero attached hydrogens (tertiary/aromatic N) is 2. The fourth-order valence-corrected chi connectivity index (χ4v) is 6.67. The summed E-state index contributed by atoms with van der Waals surface area (Å²) in [5.41, 5.74) is 0. The molecule has 0 radical (unpaired) electrons. The van der Waals surface area contributed by atoms with Crippen molar-refractivity contribution in [2.75, 3.05) is 6.54 Å². The molecule has 2 aliphatic heterocycles. The van der Waals surface area contributed by atoms with E-state index in [-0.39, 0.29) is 49.6 Å². The van der Waals surface area contributed by atoms with E-state index in [4.69, 9.17) is 0 Å². The molecule has 0 aromatic carbocycles. The average Bonchev–Trinajstić information content (AvgIpc) is 3.00. The Morgan fingerprint density at radius 1 is 1.14 bits per heavy atom. The Morgan fingerprint density at radius 2 is 1.83 bits per heavy atom. The lowest BCUT2D eigenvalue weighted by Gasteiger charge is -2.34. The van der Waals surface area contributed by atoms with Gasteiger partial charge < -0.3 is 10.6 Å². The monoisotopic (exact) mass is 522 g/mol. The molecule has 0 bridgehead atoms. The molecule has 10 nitrogen and oxygen atoms in total. The molecule has 36 heavy (non-hydrogen) atoms. The molecule has 1 aliphatic carbocycles. The Balaban J connectivity index is 2.01. The Bertz CT molecular complexity index is 1030. The summed E-state index contributed by atoms with van der Waals surface area (Å²) in [5.74, 6) is -2.65. The first-order valence-electron chi connectivity index (χ1n) is 12.9. The fourth-order valence-electron chi connectivity index (χ4n) is 5.00. The summed E-state index contributed by atoms with van der Waals surface area (Å²) in [7, 11) is -4.75. The van der Waals surface area contributed by atoms with Crippen molar-refractivity contribution in [2.24, 2.45) is 16.8 Å². The summed E-state index contributed by atoms with van der Waals surface area (Å²) in [5, 5.41) is 5.09. The van der Waals surface area contributed by atoms with E-state index in [1.807, 2.05) is 20.8 Å². The van der Waals surface area contributed by atoms with Gasteiger partial charge in [-0.1, -0.05) is 39.2 Å². The lowest BCUT2D eigenvalue weighted by Crippen LogP contribution is -2.59. The molecule has 1 saturated heterocycles. The van der Waals surface area contributed by atoms with Gasteiger partial charge in [0.2, 0.25) is 11.0 Å². The normalized spacial score (nSPS) is 24.7. The molecule has 2 fully saturated rings. The molecule has 0 unspecified atom stereocenters. The number of aliphatic imine (C=N–C) groups is 1. The Morgan fingerprint density at radius 3 is 2.47 bits per heavy atom. The Hall–Kier alpha value is -2.40. The lowest BCUT2D eigenvalue weighted by atomic mass is 9.88. The number of carbonyl (C=O) groups is 4. The molecule has 200 valence electrons. The highest BCUT2D eigenvalue weighted by atomic mass is 32.2. The number of carbonyl (C=O) groups excluding carboxylic acids is 4. The smallest absolute Gasteiger partial charge is 0.288 e. The average molecular weight is 523 g/mol. The zero-order valence-electron chi connectivity index (χ0n) is 21.4. The summed E-state index contributed by atoms with van der Waals surface area (Å²) >= 11 is 0. The van der Waals surface area contributed by atoms with Crippen LogP contribution in [0.25, 0.3) is 0 Å². The molecule has 0 spiro atoms. The van der Waals surface area contributed by atoms with Gasteiger partial charge in [0.05, 0.1) is 6.54 Å². The van der Waals surface area contributed by atoms with Crippen LogP contribution in [0.1, 0.15) is 78.6 Å². The highest BCUT2D eigenvalue weighted by Gasteiger charge is 2.46. The van der Waals surface area contributed by atoms with Gasteiger partial charge in [-0.25, -0.2) is 9.30 Å². The summed E-state index contributed by atoms with van der Waals surface area (Å²) in [6, 6.07) is -2.49. The first-order chi connectivity index (χ1) is 17.0. The molecule has 2 amide bonds. The highest BCUT2D eigenvalue weighted by molar-refractivity contribution is 8.06. The van der Waals surface area contributed by atoms with Crippen molar-refractivity contribution in [3.8, 4) is 0 Å². The quantitative estimate of drug-likeness (QED) is 0.542. The number of sulfonamides is 1. The zero-order valence-corrected chi connectivity index (χ0v) is 22.2. The predicted molar refractivity (Wildman–Crippen MR) is 135 cm³/mol. The van der Waals surface area contributed by atoms with Crippen molar-refractivity contribution >= 4 is 38.4 Å². The summed E-state index contributed by atoms with van der Waals surface area (Å²) in [6.45, 7) is 5.51. The predicted octanol–water partition coefficient (Wildman–Crippen LogP) is 1.85. The van der Waals surface area contributed by atoms with E-state index in [0.717, 1.165) is 32.1 Å². The van der Waals surface area contributed by atoms with Gasteiger partial charge in [0.15, 0.2) is 11.6 Å². The summed E-state index contributed by atoms with van der Waals surface area (Å²) < 4.78 is 28.1. The molecule has 2 N–H and O–H groups in total. The van der Waals surface area contributed by atoms with Crippen molar-refractivity contribution in [2.45, 2.75) is 96.7 Å². The molecule has 3 atom stereocenters. The summed E-state index contributed by atoms with van der Waals surface area (Å²) in [6.07, 6.45) is 7.61. The third-order valence-electron chi connectivity index (χ3n) is 7.01. The van der Waals surface area contributed by atoms with Gasteiger partial charge in [-0.2, -0.15) is 8.42 Å². The van der Waals surface area contributed by atoms with E-state index < -0.39 is 44.6 Å². The van der Waals surface area contributed by atoms with Crippen LogP contribution < -0.4 is 10.6 Å². The van der Waals surface area contributed by atoms with Crippen LogP contribution in [0.2, 0.25) is 0 Å². The maximum Gasteiger partial charge on any atom is 0.288 e. The second kappa shape index (κ2) is 12.2. The number of rotatable bonds is 6. The molecule has 0 aromatic rings. The molecule has 1 saturated carbocycles. The standard InChI is InChI=1S/C25H38N4O6S/c1-16(2)14-19(28-23(32)18-8-5-4-6-9-18)25(33)29(20-12-11-17(3)27-15-22(20)31)36(34,35)24-21(30)10-7-13-26-24/h7,13,16-20,27H,4-6,8-12,14-15H2,1-3H3,(H,28,32)/t17-,19+,20+/m1/s1. The van der Waals surface area contributed by atoms with E-state index in [2.05, 4.69) is 15.6 Å². The van der Waals surface area contributed by atoms with Crippen LogP contribution in [-0.2, 0) is 29.2 Å². The minimum Gasteiger partial charge on any atom is -0.344 e. The fraction of sp³-hybridized carbons (Fsp3) is 0.720. The number of amides is 2. The number of allylic oxidation sites excluding steroid dienone is 1. The van der Waals surface area contributed by atoms with E-state index >= 15 is 0 Å². The van der Waals surface area contributed by atoms with Gasteiger partial charge in [0.25, 0.3) is 15.9 Å². The second-order valence-electron chi connectivity index (χ2n) is 10.5. The molecule has 3 rings (SSSR count). The van der Waals surface area contributed by atoms with E-state index in [0.29, 0.717) is 10.7 Å². The first kappa shape index (κ1) is 28.2. The van der Waals surface area contributed by atoms with Gasteiger partial charge in [0.1, 0.15) is 12.1 Å². The largest absolute Gasteiger partial charge is 0.344 e. The van der Waals surface area contributed by atoms with Gasteiger partial charge >= 0.3 is 0 Å². The summed E-state index contributed by atoms with van der Waals surface area (Å²) in [4.78, 5) is 56.5. The molecular weight excluding hydrogens is 484 g/mol. The topological polar surface area (TPSA) is 142 Å². The molecular formula is C25H38N4O6S. The second-order valence-corrected chi connectivity index (χ2v) is 12.2. The van der Waals surface area contributed by atoms with Crippen LogP contribution in [0.5, 0.6) is 0 Å². The number of hydrogen-bond acceptors (Lipinski definition) is 8. The Labute approximate surface area is 213 Å². The van der Waals surface area contributed by atoms with Gasteiger partial charge in [-0.3, -0.25) is 19.2 Å². The highest BCUT2D eigenvalue weighted by Crippen LogP contribution is 2.26. The molecule has 0 aromatic heterocycles. The number of nitrogens with one attached hydrogen (secondary N) is 2. The van der Waals surface area contributed by atoms with Crippen LogP contribution in [-0.4, -0.2) is 65.8 Å². The number of ketones is 2. The minimum atomic E-state index is -4.75. The maximum absolute atomic E-state index is 14.0. The third kappa shape index (κ3) is 6.67. The van der Waals surface area contributed by atoms with E-state index in [1.165, 1.54) is 12.3 Å². The zero-order chi connectivity index (χ0) is 26.5. The van der Waals surface area contributed by atoms with Crippen LogP contribution in [0.4, 0.5) is 0 Å². The van der Waals surface area contributed by atoms with Crippen LogP contribution in [0.3, 0.4) is 0 Å². The van der Waals surface area contributed by atoms with E-state index in [1.54, 1.807) is 0 Å². The SMILES string of the molecule is CC(C)C[C@H](NC(=O)C1CCCCC1)C(=O)N([C@H]1CC[C@@H](C)NCC1=O)S(=O)(=O)C1=NC=CCC1=O. The van der Waals surface area contributed by atoms with Crippen molar-refractivity contribution in [1.29, 1.82) is 0 Å². The van der Waals surface area contributed by atoms with Gasteiger partial charge in [-0.05, 0) is 44.9 Å². The molecule has 2 heterocycles. The number of hydrogen-bond donors (Lipinski definition) is 2. The minimum absolute atomic E-state index is 0.0433. The van der Waals surface area contributed by atoms with Gasteiger partial charge in [0, 0.05) is 24.6 Å². The first-order valence-corrected chi connectivity index (χ1v) is 14.4. The molecule has 3 aliphatic rings. The lowest BCUT2D eigenvalue weighted by molar-refractivity contribution is -0.138. The van der Waals surface area contributed by atoms with Crippen molar-refractivity contribution in [3.05, 3.63) is 12.3 Å². The van der Waals surface area contributed by atoms with E-state index in [9.17, 15) is 27.6 Å². The maximum atomic E-state index is 14.0. The third-order valence-corrected chi connectivity index (χ3v) is 8.78. The van der Waals surface area contributed by atoms with Crippen LogP contribution >= 0.6 is 0 Å². The van der Waals surface area contributed by atoms with Crippen molar-refractivity contribution < 1.29 is 27.6 Å². The van der Waals surface area contributed by atoms with Gasteiger partial charge in [-0.15, -0.1) is 0 Å². The van der Waals surface area contributed by atoms with Crippen molar-refractivity contribution in [1.82, 2.24) is 14.9 Å². The van der Waals surface area contributed by atoms with Crippen LogP contribution in [0.15, 0.2) is 17.3 Å². The van der Waals surface area contributed by atoms with Crippen LogP contribution in [0, 0.1) is 11.8 Å². The number of Topliss-reactive ketones (excluding diaryl/α,β-unsaturated/α-hetero) is 2.